The summed E-state index contributed by atoms with van der Waals surface area (Å²) < 4.78 is 7.46. The largest absolute Gasteiger partial charge is 0.451 e. The summed E-state index contributed by atoms with van der Waals surface area (Å²) in [4.78, 5) is 12.1. The minimum Gasteiger partial charge on any atom is -0.451 e. The minimum absolute atomic E-state index is 0.0333. The molecule has 0 aliphatic carbocycles. The van der Waals surface area contributed by atoms with Crippen molar-refractivity contribution in [2.24, 2.45) is 5.73 Å². The van der Waals surface area contributed by atoms with Gasteiger partial charge in [0.05, 0.1) is 24.4 Å². The Kier molecular flexibility index (Phi) is 4.06. The van der Waals surface area contributed by atoms with Crippen LogP contribution in [0.2, 0.25) is 0 Å². The van der Waals surface area contributed by atoms with Crippen LogP contribution in [0.5, 0.6) is 0 Å². The van der Waals surface area contributed by atoms with E-state index in [-0.39, 0.29) is 24.3 Å². The maximum atomic E-state index is 12.1. The van der Waals surface area contributed by atoms with E-state index in [9.17, 15) is 9.90 Å². The molecule has 3 rings (SSSR count). The van der Waals surface area contributed by atoms with Crippen LogP contribution < -0.4 is 11.1 Å². The number of furan rings is 1. The van der Waals surface area contributed by atoms with Gasteiger partial charge in [0.2, 0.25) is 0 Å². The molecule has 0 spiro atoms. The molecule has 0 radical (unpaired) electrons. The van der Waals surface area contributed by atoms with E-state index in [0.717, 1.165) is 16.3 Å². The van der Waals surface area contributed by atoms with Crippen molar-refractivity contribution < 1.29 is 14.3 Å². The quantitative estimate of drug-likeness (QED) is 0.656. The van der Waals surface area contributed by atoms with Crippen LogP contribution in [0.4, 0.5) is 0 Å². The third kappa shape index (κ3) is 3.06. The molecule has 0 fully saturated rings. The average Bonchev–Trinajstić information content (AvgIpc) is 3.07. The summed E-state index contributed by atoms with van der Waals surface area (Å²) in [6.07, 6.45) is 1.17. The number of aliphatic hydroxyl groups is 1. The van der Waals surface area contributed by atoms with Crippen molar-refractivity contribution >= 4 is 27.8 Å². The Bertz CT molecular complexity index is 848. The number of aromatic nitrogens is 2. The smallest absolute Gasteiger partial charge is 0.287 e. The van der Waals surface area contributed by atoms with Gasteiger partial charge in [0.15, 0.2) is 5.76 Å². The lowest BCUT2D eigenvalue weighted by Crippen LogP contribution is -2.30. The molecule has 122 valence electrons. The lowest BCUT2D eigenvalue weighted by molar-refractivity contribution is 0.0898. The van der Waals surface area contributed by atoms with E-state index in [0.29, 0.717) is 12.1 Å². The molecule has 7 heteroatoms. The maximum Gasteiger partial charge on any atom is 0.287 e. The second-order valence-corrected chi connectivity index (χ2v) is 5.89. The van der Waals surface area contributed by atoms with Crippen molar-refractivity contribution in [2.45, 2.75) is 32.5 Å². The first-order valence-corrected chi connectivity index (χ1v) is 7.55. The molecule has 1 amide bonds. The molecule has 1 unspecified atom stereocenters. The summed E-state index contributed by atoms with van der Waals surface area (Å²) in [5.41, 5.74) is 7.39. The first-order valence-electron chi connectivity index (χ1n) is 7.55. The molecule has 7 nitrogen and oxygen atoms in total. The molecule has 0 aliphatic heterocycles. The molecule has 0 bridgehead atoms. The van der Waals surface area contributed by atoms with Gasteiger partial charge in [-0.15, -0.1) is 0 Å². The Balaban J connectivity index is 2.03. The highest BCUT2D eigenvalue weighted by molar-refractivity contribution is 6.06. The lowest BCUT2D eigenvalue weighted by Gasteiger charge is -2.06. The minimum atomic E-state index is -0.609. The normalized spacial score (nSPS) is 14.3. The molecule has 3 aromatic rings. The summed E-state index contributed by atoms with van der Waals surface area (Å²) in [7, 11) is 0. The second-order valence-electron chi connectivity index (χ2n) is 5.89. The Morgan fingerprint density at radius 1 is 1.48 bits per heavy atom. The highest BCUT2D eigenvalue weighted by Crippen LogP contribution is 2.28. The van der Waals surface area contributed by atoms with Crippen molar-refractivity contribution in [1.29, 1.82) is 0 Å². The number of amides is 1. The van der Waals surface area contributed by atoms with Gasteiger partial charge in [-0.1, -0.05) is 0 Å². The lowest BCUT2D eigenvalue weighted by atomic mass is 10.2. The third-order valence-corrected chi connectivity index (χ3v) is 3.54. The Labute approximate surface area is 133 Å². The number of carbonyl (C=O) groups is 1. The molecule has 2 heterocycles. The van der Waals surface area contributed by atoms with E-state index in [1.54, 1.807) is 19.2 Å². The monoisotopic (exact) mass is 316 g/mol. The zero-order valence-corrected chi connectivity index (χ0v) is 13.1. The number of nitrogens with zero attached hydrogens (tertiary/aromatic N) is 2. The molecule has 0 aliphatic rings. The van der Waals surface area contributed by atoms with E-state index in [1.807, 2.05) is 23.7 Å². The van der Waals surface area contributed by atoms with Crippen LogP contribution in [-0.2, 0) is 6.54 Å². The van der Waals surface area contributed by atoms with Crippen LogP contribution >= 0.6 is 0 Å². The van der Waals surface area contributed by atoms with E-state index in [4.69, 9.17) is 10.2 Å². The second kappa shape index (κ2) is 6.02. The van der Waals surface area contributed by atoms with Crippen LogP contribution in [0.3, 0.4) is 0 Å². The molecule has 0 saturated carbocycles. The van der Waals surface area contributed by atoms with E-state index in [2.05, 4.69) is 10.4 Å². The number of fused-ring (bicyclic) bond motifs is 3. The first kappa shape index (κ1) is 15.5. The molecule has 1 aromatic carbocycles. The fraction of sp³-hybridized carbons (Fsp3) is 0.375. The number of hydrogen-bond acceptors (Lipinski definition) is 5. The Hall–Kier alpha value is -2.38. The van der Waals surface area contributed by atoms with Gasteiger partial charge in [0, 0.05) is 23.4 Å². The van der Waals surface area contributed by atoms with Crippen LogP contribution in [-0.4, -0.2) is 39.5 Å². The summed E-state index contributed by atoms with van der Waals surface area (Å²) in [6.45, 7) is 4.28. The van der Waals surface area contributed by atoms with Crippen LogP contribution in [0.25, 0.3) is 21.9 Å². The van der Waals surface area contributed by atoms with Crippen molar-refractivity contribution in [1.82, 2.24) is 15.1 Å². The van der Waals surface area contributed by atoms with E-state index in [1.165, 1.54) is 0 Å². The third-order valence-electron chi connectivity index (χ3n) is 3.54. The summed E-state index contributed by atoms with van der Waals surface area (Å²) >= 11 is 0. The van der Waals surface area contributed by atoms with Gasteiger partial charge in [-0.2, -0.15) is 5.10 Å². The SMILES string of the molecule is CC(N)Cn1ncc2ccc3oc(C(=O)NC[C@H](C)O)cc3c21. The fourth-order valence-electron chi connectivity index (χ4n) is 2.55. The van der Waals surface area contributed by atoms with Crippen molar-refractivity contribution in [3.05, 3.63) is 30.2 Å². The average molecular weight is 316 g/mol. The van der Waals surface area contributed by atoms with Crippen LogP contribution in [0.15, 0.2) is 28.8 Å². The van der Waals surface area contributed by atoms with Gasteiger partial charge in [-0.05, 0) is 32.0 Å². The molecule has 2 aromatic heterocycles. The maximum absolute atomic E-state index is 12.1. The first-order chi connectivity index (χ1) is 11.0. The molecule has 23 heavy (non-hydrogen) atoms. The van der Waals surface area contributed by atoms with Gasteiger partial charge < -0.3 is 20.6 Å². The van der Waals surface area contributed by atoms with Crippen molar-refractivity contribution in [3.8, 4) is 0 Å². The van der Waals surface area contributed by atoms with Crippen LogP contribution in [0, 0.1) is 0 Å². The van der Waals surface area contributed by atoms with Gasteiger partial charge in [0.1, 0.15) is 5.58 Å². The van der Waals surface area contributed by atoms with Crippen molar-refractivity contribution in [3.63, 3.8) is 0 Å². The number of rotatable bonds is 5. The van der Waals surface area contributed by atoms with Crippen LogP contribution in [0.1, 0.15) is 24.4 Å². The van der Waals surface area contributed by atoms with E-state index >= 15 is 0 Å². The summed E-state index contributed by atoms with van der Waals surface area (Å²) in [5.74, 6) is -0.143. The molecular formula is C16H20N4O3. The fourth-order valence-corrected chi connectivity index (χ4v) is 2.55. The number of aliphatic hydroxyl groups excluding tert-OH is 1. The van der Waals surface area contributed by atoms with Crippen molar-refractivity contribution in [2.75, 3.05) is 6.54 Å². The predicted octanol–water partition coefficient (Wildman–Crippen LogP) is 1.24. The van der Waals surface area contributed by atoms with Gasteiger partial charge >= 0.3 is 0 Å². The molecule has 0 saturated heterocycles. The van der Waals surface area contributed by atoms with Gasteiger partial charge in [0.25, 0.3) is 5.91 Å². The zero-order valence-electron chi connectivity index (χ0n) is 13.1. The predicted molar refractivity (Wildman–Crippen MR) is 87.2 cm³/mol. The molecule has 2 atom stereocenters. The number of nitrogens with one attached hydrogen (secondary N) is 1. The summed E-state index contributed by atoms with van der Waals surface area (Å²) in [6, 6.07) is 5.40. The Morgan fingerprint density at radius 3 is 2.96 bits per heavy atom. The number of benzene rings is 1. The number of nitrogens with two attached hydrogens (primary N) is 1. The number of hydrogen-bond donors (Lipinski definition) is 3. The standard InChI is InChI=1S/C16H20N4O3/c1-9(17)8-20-15-11(7-19-20)3-4-13-12(15)5-14(23-13)16(22)18-6-10(2)21/h3-5,7,9-10,21H,6,8,17H2,1-2H3,(H,18,22)/t9?,10-/m0/s1. The Morgan fingerprint density at radius 2 is 2.26 bits per heavy atom. The topological polar surface area (TPSA) is 106 Å². The van der Waals surface area contributed by atoms with E-state index < -0.39 is 6.10 Å². The molecular weight excluding hydrogens is 296 g/mol. The summed E-state index contributed by atoms with van der Waals surface area (Å²) in [5, 5.41) is 18.0. The zero-order chi connectivity index (χ0) is 16.6. The van der Waals surface area contributed by atoms with Gasteiger partial charge in [-0.25, -0.2) is 0 Å². The highest BCUT2D eigenvalue weighted by atomic mass is 16.3. The number of carbonyl (C=O) groups excluding carboxylic acids is 1. The molecule has 4 N–H and O–H groups in total. The van der Waals surface area contributed by atoms with Gasteiger partial charge in [-0.3, -0.25) is 9.48 Å². The highest BCUT2D eigenvalue weighted by Gasteiger charge is 2.16.